The molecule has 0 aromatic carbocycles. The summed E-state index contributed by atoms with van der Waals surface area (Å²) < 4.78 is 0. The van der Waals surface area contributed by atoms with Crippen LogP contribution in [0.25, 0.3) is 0 Å². The first-order chi connectivity index (χ1) is 4.91. The van der Waals surface area contributed by atoms with E-state index in [1.807, 2.05) is 0 Å². The number of rotatable bonds is 3. The monoisotopic (exact) mass is 174 g/mol. The Balaban J connectivity index is 0. The van der Waals surface area contributed by atoms with Crippen molar-refractivity contribution in [2.75, 3.05) is 0 Å². The van der Waals surface area contributed by atoms with E-state index < -0.39 is 8.07 Å². The second-order valence-corrected chi connectivity index (χ2v) is 10.7. The predicted molar refractivity (Wildman–Crippen MR) is 59.0 cm³/mol. The molecule has 11 heavy (non-hydrogen) atoms. The Morgan fingerprint density at radius 2 is 0.909 bits per heavy atom. The molecule has 0 heterocycles. The number of hydrogen-bond acceptors (Lipinski definition) is 0. The Morgan fingerprint density at radius 1 is 0.727 bits per heavy atom. The van der Waals surface area contributed by atoms with Crippen LogP contribution >= 0.6 is 0 Å². The van der Waals surface area contributed by atoms with Crippen molar-refractivity contribution in [1.82, 2.24) is 0 Å². The predicted octanol–water partition coefficient (Wildman–Crippen LogP) is 4.54. The highest BCUT2D eigenvalue weighted by Crippen LogP contribution is 1.95. The van der Waals surface area contributed by atoms with E-state index in [0.29, 0.717) is 0 Å². The van der Waals surface area contributed by atoms with Gasteiger partial charge in [-0.3, -0.25) is 0 Å². The first kappa shape index (κ1) is 13.8. The zero-order valence-corrected chi connectivity index (χ0v) is 10.3. The van der Waals surface area contributed by atoms with Crippen molar-refractivity contribution >= 4 is 8.07 Å². The molecule has 0 aromatic rings. The number of hydrogen-bond donors (Lipinski definition) is 0. The lowest BCUT2D eigenvalue weighted by atomic mass is 10.2. The van der Waals surface area contributed by atoms with Gasteiger partial charge in [0.2, 0.25) is 0 Å². The first-order valence-electron chi connectivity index (χ1n) is 4.91. The van der Waals surface area contributed by atoms with Crippen molar-refractivity contribution in [2.24, 2.45) is 0 Å². The fourth-order valence-electron chi connectivity index (χ4n) is 0.500. The Kier molecular flexibility index (Phi) is 10.4. The van der Waals surface area contributed by atoms with Crippen LogP contribution in [0.1, 0.15) is 39.5 Å². The average Bonchev–Trinajstić information content (AvgIpc) is 1.79. The van der Waals surface area contributed by atoms with E-state index in [0.717, 1.165) is 0 Å². The van der Waals surface area contributed by atoms with Crippen LogP contribution in [0, 0.1) is 0 Å². The van der Waals surface area contributed by atoms with Crippen molar-refractivity contribution < 1.29 is 0 Å². The van der Waals surface area contributed by atoms with Gasteiger partial charge in [-0.25, -0.2) is 0 Å². The summed E-state index contributed by atoms with van der Waals surface area (Å²) in [7, 11) is -0.611. The summed E-state index contributed by atoms with van der Waals surface area (Å²) >= 11 is 0. The van der Waals surface area contributed by atoms with Gasteiger partial charge in [0, 0.05) is 8.07 Å². The van der Waals surface area contributed by atoms with E-state index in [4.69, 9.17) is 0 Å². The van der Waals surface area contributed by atoms with Crippen LogP contribution in [-0.4, -0.2) is 8.07 Å². The smallest absolute Gasteiger partial charge is 0.0411 e. The highest BCUT2D eigenvalue weighted by atomic mass is 28.3. The van der Waals surface area contributed by atoms with E-state index in [2.05, 4.69) is 40.0 Å². The zero-order chi connectivity index (χ0) is 9.33. The average molecular weight is 174 g/mol. The maximum Gasteiger partial charge on any atom is 0.0411 e. The molecule has 0 rings (SSSR count). The van der Waals surface area contributed by atoms with E-state index in [9.17, 15) is 0 Å². The summed E-state index contributed by atoms with van der Waals surface area (Å²) in [6.45, 7) is 13.8. The highest BCUT2D eigenvalue weighted by molar-refractivity contribution is 6.74. The topological polar surface area (TPSA) is 0 Å². The maximum atomic E-state index is 2.33. The van der Waals surface area contributed by atoms with Gasteiger partial charge in [-0.05, 0) is 0 Å². The molecule has 0 fully saturated rings. The highest BCUT2D eigenvalue weighted by Gasteiger charge is 1.99. The van der Waals surface area contributed by atoms with Gasteiger partial charge in [0.25, 0.3) is 0 Å². The molecular weight excluding hydrogens is 148 g/mol. The fraction of sp³-hybridized carbons (Fsp3) is 1.00. The van der Waals surface area contributed by atoms with Crippen LogP contribution in [0.5, 0.6) is 0 Å². The van der Waals surface area contributed by atoms with Crippen LogP contribution in [0.4, 0.5) is 0 Å². The molecule has 0 aliphatic rings. The summed E-state index contributed by atoms with van der Waals surface area (Å²) in [4.78, 5) is 0. The fourth-order valence-corrected chi connectivity index (χ4v) is 0.500. The molecule has 0 spiro atoms. The van der Waals surface area contributed by atoms with Crippen molar-refractivity contribution in [3.63, 3.8) is 0 Å². The summed E-state index contributed by atoms with van der Waals surface area (Å²) in [6.07, 6.45) is 5.54. The molecule has 0 bridgehead atoms. The molecule has 0 aliphatic carbocycles. The lowest BCUT2D eigenvalue weighted by Crippen LogP contribution is -2.10. The molecule has 0 nitrogen and oxygen atoms in total. The minimum absolute atomic E-state index is 0.611. The minimum atomic E-state index is -0.611. The zero-order valence-electron chi connectivity index (χ0n) is 9.33. The lowest BCUT2D eigenvalue weighted by molar-refractivity contribution is 0.702. The van der Waals surface area contributed by atoms with Crippen molar-refractivity contribution in [2.45, 2.75) is 65.7 Å². The molecule has 0 saturated heterocycles. The molecular formula is C10H26Si. The van der Waals surface area contributed by atoms with Crippen molar-refractivity contribution in [3.05, 3.63) is 0 Å². The largest absolute Gasteiger partial charge is 0.0697 e. The Labute approximate surface area is 74.4 Å². The third kappa shape index (κ3) is 66.7. The van der Waals surface area contributed by atoms with E-state index in [-0.39, 0.29) is 0 Å². The Bertz CT molecular complexity index is 51.8. The van der Waals surface area contributed by atoms with Gasteiger partial charge in [0.1, 0.15) is 0 Å². The van der Waals surface area contributed by atoms with Gasteiger partial charge in [-0.1, -0.05) is 65.7 Å². The second kappa shape index (κ2) is 8.31. The molecule has 0 atom stereocenters. The Hall–Kier alpha value is 0.217. The van der Waals surface area contributed by atoms with Crippen molar-refractivity contribution in [3.8, 4) is 0 Å². The molecule has 0 saturated carbocycles. The van der Waals surface area contributed by atoms with Crippen LogP contribution in [0.3, 0.4) is 0 Å². The molecule has 0 N–H and O–H groups in total. The normalized spacial score (nSPS) is 10.4. The van der Waals surface area contributed by atoms with Gasteiger partial charge >= 0.3 is 0 Å². The second-order valence-electron chi connectivity index (χ2n) is 4.71. The molecule has 0 aliphatic heterocycles. The standard InChI is InChI=1S/C6H14.C4H12Si/c1-3-5-6-4-2;1-5(2,3)4/h3-6H2,1-2H3;1-4H3. The molecule has 1 heteroatoms. The van der Waals surface area contributed by atoms with Gasteiger partial charge < -0.3 is 0 Å². The van der Waals surface area contributed by atoms with Crippen LogP contribution < -0.4 is 0 Å². The third-order valence-electron chi connectivity index (χ3n) is 0.957. The molecule has 70 valence electrons. The maximum absolute atomic E-state index is 2.33. The van der Waals surface area contributed by atoms with E-state index in [1.165, 1.54) is 25.7 Å². The summed E-state index contributed by atoms with van der Waals surface area (Å²) in [6, 6.07) is 0. The van der Waals surface area contributed by atoms with E-state index >= 15 is 0 Å². The summed E-state index contributed by atoms with van der Waals surface area (Å²) in [5.41, 5.74) is 0. The quantitative estimate of drug-likeness (QED) is 0.435. The minimum Gasteiger partial charge on any atom is -0.0697 e. The van der Waals surface area contributed by atoms with Gasteiger partial charge in [0.15, 0.2) is 0 Å². The third-order valence-corrected chi connectivity index (χ3v) is 0.957. The molecule has 0 unspecified atom stereocenters. The van der Waals surface area contributed by atoms with Crippen LogP contribution in [0.2, 0.25) is 26.2 Å². The molecule has 0 radical (unpaired) electrons. The van der Waals surface area contributed by atoms with E-state index in [1.54, 1.807) is 0 Å². The molecule has 0 aromatic heterocycles. The van der Waals surface area contributed by atoms with Crippen molar-refractivity contribution in [1.29, 1.82) is 0 Å². The Morgan fingerprint density at radius 3 is 1.00 bits per heavy atom. The van der Waals surface area contributed by atoms with Gasteiger partial charge in [0.05, 0.1) is 0 Å². The first-order valence-corrected chi connectivity index (χ1v) is 8.91. The van der Waals surface area contributed by atoms with Gasteiger partial charge in [-0.2, -0.15) is 0 Å². The summed E-state index contributed by atoms with van der Waals surface area (Å²) in [5, 5.41) is 0. The molecule has 0 amide bonds. The van der Waals surface area contributed by atoms with Gasteiger partial charge in [-0.15, -0.1) is 0 Å². The summed E-state index contributed by atoms with van der Waals surface area (Å²) in [5.74, 6) is 0. The van der Waals surface area contributed by atoms with Crippen LogP contribution in [0.15, 0.2) is 0 Å². The number of unbranched alkanes of at least 4 members (excludes halogenated alkanes) is 3. The lowest BCUT2D eigenvalue weighted by Gasteiger charge is -2.01. The SMILES string of the molecule is CCCCCC.C[Si](C)(C)C. The van der Waals surface area contributed by atoms with Crippen LogP contribution in [-0.2, 0) is 0 Å².